The Hall–Kier alpha value is -2.18. The molecule has 1 aromatic carbocycles. The van der Waals surface area contributed by atoms with E-state index in [-0.39, 0.29) is 25.7 Å². The molecule has 6 heteroatoms. The molecular weight excluding hydrogens is 270 g/mol. The van der Waals surface area contributed by atoms with Gasteiger partial charge in [-0.05, 0) is 12.5 Å². The molecule has 0 saturated carbocycles. The predicted molar refractivity (Wildman–Crippen MR) is 78.7 cm³/mol. The molecule has 0 unspecified atom stereocenters. The molecule has 0 atom stereocenters. The summed E-state index contributed by atoms with van der Waals surface area (Å²) in [5.41, 5.74) is 2.00. The van der Waals surface area contributed by atoms with Crippen molar-refractivity contribution in [3.8, 4) is 11.3 Å². The smallest absolute Gasteiger partial charge is 0.271 e. The van der Waals surface area contributed by atoms with Gasteiger partial charge >= 0.3 is 0 Å². The summed E-state index contributed by atoms with van der Waals surface area (Å²) in [6.45, 7) is 0.526. The van der Waals surface area contributed by atoms with E-state index < -0.39 is 0 Å². The molecule has 0 aliphatic heterocycles. The fourth-order valence-corrected chi connectivity index (χ4v) is 2.06. The summed E-state index contributed by atoms with van der Waals surface area (Å²) in [6.07, 6.45) is 0.478. The van der Waals surface area contributed by atoms with Gasteiger partial charge in [0.2, 0.25) is 0 Å². The second-order valence-corrected chi connectivity index (χ2v) is 4.63. The molecule has 0 bridgehead atoms. The van der Waals surface area contributed by atoms with Crippen molar-refractivity contribution in [1.29, 1.82) is 0 Å². The third kappa shape index (κ3) is 3.90. The van der Waals surface area contributed by atoms with E-state index in [9.17, 15) is 4.79 Å². The molecule has 0 spiro atoms. The maximum atomic E-state index is 12.3. The summed E-state index contributed by atoms with van der Waals surface area (Å²) in [6, 6.07) is 11.3. The van der Waals surface area contributed by atoms with Crippen LogP contribution in [-0.2, 0) is 0 Å². The Labute approximate surface area is 123 Å². The van der Waals surface area contributed by atoms with Crippen molar-refractivity contribution >= 4 is 5.91 Å². The monoisotopic (exact) mass is 289 g/mol. The lowest BCUT2D eigenvalue weighted by atomic mass is 10.1. The van der Waals surface area contributed by atoms with Crippen LogP contribution in [0.5, 0.6) is 0 Å². The van der Waals surface area contributed by atoms with E-state index in [0.29, 0.717) is 24.4 Å². The Balaban J connectivity index is 2.13. The molecule has 0 aliphatic rings. The quantitative estimate of drug-likeness (QED) is 0.706. The highest BCUT2D eigenvalue weighted by atomic mass is 16.3. The van der Waals surface area contributed by atoms with Crippen LogP contribution in [-0.4, -0.2) is 57.5 Å². The second-order valence-electron chi connectivity index (χ2n) is 4.63. The molecule has 0 radical (unpaired) electrons. The Kier molecular flexibility index (Phi) is 5.48. The van der Waals surface area contributed by atoms with Crippen molar-refractivity contribution in [3.63, 3.8) is 0 Å². The Morgan fingerprint density at radius 3 is 2.57 bits per heavy atom. The van der Waals surface area contributed by atoms with Crippen LogP contribution in [0.1, 0.15) is 16.9 Å². The van der Waals surface area contributed by atoms with Gasteiger partial charge in [-0.25, -0.2) is 0 Å². The fourth-order valence-electron chi connectivity index (χ4n) is 2.06. The molecule has 0 aliphatic carbocycles. The minimum Gasteiger partial charge on any atom is -0.396 e. The molecule has 112 valence electrons. The predicted octanol–water partition coefficient (Wildman–Crippen LogP) is 0.894. The van der Waals surface area contributed by atoms with E-state index in [1.165, 1.54) is 4.90 Å². The summed E-state index contributed by atoms with van der Waals surface area (Å²) in [7, 11) is 0. The van der Waals surface area contributed by atoms with Gasteiger partial charge in [-0.2, -0.15) is 5.10 Å². The first kappa shape index (κ1) is 15.2. The van der Waals surface area contributed by atoms with Gasteiger partial charge in [0.05, 0.1) is 12.3 Å². The number of carbonyl (C=O) groups is 1. The summed E-state index contributed by atoms with van der Waals surface area (Å²) < 4.78 is 0. The van der Waals surface area contributed by atoms with Crippen LogP contribution >= 0.6 is 0 Å². The van der Waals surface area contributed by atoms with Gasteiger partial charge in [-0.15, -0.1) is 0 Å². The van der Waals surface area contributed by atoms with Crippen LogP contribution in [0.2, 0.25) is 0 Å². The summed E-state index contributed by atoms with van der Waals surface area (Å²) in [4.78, 5) is 13.8. The number of aliphatic hydroxyl groups excluding tert-OH is 2. The highest BCUT2D eigenvalue weighted by Gasteiger charge is 2.17. The number of H-pyrrole nitrogens is 1. The van der Waals surface area contributed by atoms with Crippen LogP contribution in [0.25, 0.3) is 11.3 Å². The third-order valence-corrected chi connectivity index (χ3v) is 3.12. The lowest BCUT2D eigenvalue weighted by Gasteiger charge is -2.20. The molecule has 0 fully saturated rings. The van der Waals surface area contributed by atoms with Crippen molar-refractivity contribution in [2.24, 2.45) is 0 Å². The zero-order chi connectivity index (χ0) is 15.1. The van der Waals surface area contributed by atoms with Crippen LogP contribution in [0.4, 0.5) is 0 Å². The fraction of sp³-hybridized carbons (Fsp3) is 0.333. The first-order valence-corrected chi connectivity index (χ1v) is 6.88. The number of nitrogens with zero attached hydrogens (tertiary/aromatic N) is 2. The molecule has 6 nitrogen and oxygen atoms in total. The molecule has 1 aromatic heterocycles. The number of hydrogen-bond acceptors (Lipinski definition) is 4. The van der Waals surface area contributed by atoms with Gasteiger partial charge in [-0.1, -0.05) is 30.3 Å². The number of aromatic amines is 1. The molecule has 2 aromatic rings. The summed E-state index contributed by atoms with van der Waals surface area (Å²) in [5, 5.41) is 24.8. The Morgan fingerprint density at radius 2 is 1.90 bits per heavy atom. The lowest BCUT2D eigenvalue weighted by molar-refractivity contribution is 0.0704. The first-order chi connectivity index (χ1) is 10.3. The SMILES string of the molecule is O=C(c1cc(-c2ccccc2)n[nH]1)N(CCO)CCCO. The highest BCUT2D eigenvalue weighted by Crippen LogP contribution is 2.17. The number of aliphatic hydroxyl groups is 2. The van der Waals surface area contributed by atoms with Crippen LogP contribution in [0, 0.1) is 0 Å². The van der Waals surface area contributed by atoms with Gasteiger partial charge in [0.1, 0.15) is 5.69 Å². The van der Waals surface area contributed by atoms with Crippen molar-refractivity contribution in [2.75, 3.05) is 26.3 Å². The van der Waals surface area contributed by atoms with Crippen molar-refractivity contribution < 1.29 is 15.0 Å². The topological polar surface area (TPSA) is 89.5 Å². The molecule has 21 heavy (non-hydrogen) atoms. The van der Waals surface area contributed by atoms with Gasteiger partial charge in [-0.3, -0.25) is 9.89 Å². The van der Waals surface area contributed by atoms with Gasteiger partial charge in [0.25, 0.3) is 5.91 Å². The minimum absolute atomic E-state index is 0.00739. The summed E-state index contributed by atoms with van der Waals surface area (Å²) >= 11 is 0. The number of rotatable bonds is 7. The minimum atomic E-state index is -0.229. The van der Waals surface area contributed by atoms with Crippen LogP contribution < -0.4 is 0 Å². The normalized spacial score (nSPS) is 10.6. The highest BCUT2D eigenvalue weighted by molar-refractivity contribution is 5.93. The van der Waals surface area contributed by atoms with E-state index in [1.54, 1.807) is 6.07 Å². The van der Waals surface area contributed by atoms with Crippen molar-refractivity contribution in [3.05, 3.63) is 42.1 Å². The largest absolute Gasteiger partial charge is 0.396 e. The number of amides is 1. The number of hydrogen-bond donors (Lipinski definition) is 3. The number of aromatic nitrogens is 2. The molecule has 1 amide bonds. The van der Waals surface area contributed by atoms with E-state index in [1.807, 2.05) is 30.3 Å². The number of carbonyl (C=O) groups excluding carboxylic acids is 1. The standard InChI is InChI=1S/C15H19N3O3/c19-9-4-7-18(8-10-20)15(21)14-11-13(16-17-14)12-5-2-1-3-6-12/h1-3,5-6,11,19-20H,4,7-10H2,(H,16,17). The van der Waals surface area contributed by atoms with Crippen molar-refractivity contribution in [1.82, 2.24) is 15.1 Å². The zero-order valence-electron chi connectivity index (χ0n) is 11.7. The Bertz CT molecular complexity index is 569. The van der Waals surface area contributed by atoms with Gasteiger partial charge < -0.3 is 15.1 Å². The molecule has 3 N–H and O–H groups in total. The zero-order valence-corrected chi connectivity index (χ0v) is 11.7. The first-order valence-electron chi connectivity index (χ1n) is 6.88. The third-order valence-electron chi connectivity index (χ3n) is 3.12. The molecule has 0 saturated heterocycles. The lowest BCUT2D eigenvalue weighted by Crippen LogP contribution is -2.35. The number of benzene rings is 1. The maximum absolute atomic E-state index is 12.3. The van der Waals surface area contributed by atoms with Crippen molar-refractivity contribution in [2.45, 2.75) is 6.42 Å². The summed E-state index contributed by atoms with van der Waals surface area (Å²) in [5.74, 6) is -0.229. The average Bonchev–Trinajstić information content (AvgIpc) is 3.01. The van der Waals surface area contributed by atoms with Gasteiger partial charge in [0, 0.05) is 25.3 Å². The van der Waals surface area contributed by atoms with E-state index in [2.05, 4.69) is 10.2 Å². The Morgan fingerprint density at radius 1 is 1.14 bits per heavy atom. The van der Waals surface area contributed by atoms with Crippen LogP contribution in [0.3, 0.4) is 0 Å². The van der Waals surface area contributed by atoms with Gasteiger partial charge in [0.15, 0.2) is 0 Å². The molecular formula is C15H19N3O3. The number of nitrogens with one attached hydrogen (secondary N) is 1. The molecule has 2 rings (SSSR count). The van der Waals surface area contributed by atoms with Crippen LogP contribution in [0.15, 0.2) is 36.4 Å². The van der Waals surface area contributed by atoms with E-state index in [0.717, 1.165) is 5.56 Å². The average molecular weight is 289 g/mol. The van der Waals surface area contributed by atoms with E-state index in [4.69, 9.17) is 10.2 Å². The maximum Gasteiger partial charge on any atom is 0.271 e. The second kappa shape index (κ2) is 7.56. The molecule has 1 heterocycles. The van der Waals surface area contributed by atoms with E-state index >= 15 is 0 Å².